The molecule has 0 heterocycles. The Balaban J connectivity index is 3.13. The van der Waals surface area contributed by atoms with Crippen molar-refractivity contribution in [3.8, 4) is 0 Å². The third-order valence-electron chi connectivity index (χ3n) is 1.58. The molecular formula is C8H7ClF3N. The van der Waals surface area contributed by atoms with Gasteiger partial charge in [0.1, 0.15) is 0 Å². The van der Waals surface area contributed by atoms with Crippen LogP contribution in [-0.2, 0) is 12.1 Å². The van der Waals surface area contributed by atoms with Gasteiger partial charge in [0.15, 0.2) is 0 Å². The minimum atomic E-state index is -4.39. The summed E-state index contributed by atoms with van der Waals surface area (Å²) in [5.41, 5.74) is 4.68. The Kier molecular flexibility index (Phi) is 2.71. The Morgan fingerprint density at radius 3 is 2.31 bits per heavy atom. The van der Waals surface area contributed by atoms with Crippen LogP contribution < -0.4 is 5.73 Å². The third-order valence-corrected chi connectivity index (χ3v) is 1.88. The Labute approximate surface area is 78.3 Å². The molecule has 0 bridgehead atoms. The molecule has 0 aliphatic rings. The molecule has 5 heteroatoms. The van der Waals surface area contributed by atoms with E-state index in [0.717, 1.165) is 6.07 Å². The molecule has 72 valence electrons. The summed E-state index contributed by atoms with van der Waals surface area (Å²) < 4.78 is 36.5. The monoisotopic (exact) mass is 209 g/mol. The number of rotatable bonds is 1. The lowest BCUT2D eigenvalue weighted by Crippen LogP contribution is -2.08. The van der Waals surface area contributed by atoms with Gasteiger partial charge in [-0.3, -0.25) is 0 Å². The number of nitrogen functional groups attached to an aromatic ring is 1. The molecule has 0 atom stereocenters. The Morgan fingerprint density at radius 2 is 1.92 bits per heavy atom. The highest BCUT2D eigenvalue weighted by molar-refractivity contribution is 6.17. The van der Waals surface area contributed by atoms with Gasteiger partial charge in [-0.2, -0.15) is 13.2 Å². The fourth-order valence-corrected chi connectivity index (χ4v) is 1.12. The number of halogens is 4. The van der Waals surface area contributed by atoms with Crippen LogP contribution in [0.2, 0.25) is 0 Å². The SMILES string of the molecule is Nc1cc(CCl)ccc1C(F)(F)F. The number of hydrogen-bond donors (Lipinski definition) is 1. The number of nitrogens with two attached hydrogens (primary N) is 1. The fraction of sp³-hybridized carbons (Fsp3) is 0.250. The van der Waals surface area contributed by atoms with Gasteiger partial charge >= 0.3 is 6.18 Å². The molecule has 0 spiro atoms. The van der Waals surface area contributed by atoms with E-state index in [2.05, 4.69) is 0 Å². The highest BCUT2D eigenvalue weighted by Gasteiger charge is 2.32. The number of alkyl halides is 4. The summed E-state index contributed by atoms with van der Waals surface area (Å²) in [5, 5.41) is 0. The molecule has 0 amide bonds. The fourth-order valence-electron chi connectivity index (χ4n) is 0.953. The molecule has 0 radical (unpaired) electrons. The molecule has 0 saturated carbocycles. The van der Waals surface area contributed by atoms with Crippen LogP contribution in [-0.4, -0.2) is 0 Å². The zero-order chi connectivity index (χ0) is 10.1. The maximum Gasteiger partial charge on any atom is 0.418 e. The summed E-state index contributed by atoms with van der Waals surface area (Å²) in [4.78, 5) is 0. The lowest BCUT2D eigenvalue weighted by atomic mass is 10.1. The number of hydrogen-bond acceptors (Lipinski definition) is 1. The second-order valence-electron chi connectivity index (χ2n) is 2.55. The van der Waals surface area contributed by atoms with Gasteiger partial charge in [-0.05, 0) is 17.7 Å². The molecule has 0 aliphatic carbocycles. The van der Waals surface area contributed by atoms with E-state index in [4.69, 9.17) is 17.3 Å². The number of benzene rings is 1. The van der Waals surface area contributed by atoms with Crippen molar-refractivity contribution in [1.29, 1.82) is 0 Å². The maximum atomic E-state index is 12.2. The van der Waals surface area contributed by atoms with E-state index in [9.17, 15) is 13.2 Å². The summed E-state index contributed by atoms with van der Waals surface area (Å²) >= 11 is 5.43. The largest absolute Gasteiger partial charge is 0.418 e. The van der Waals surface area contributed by atoms with Crippen LogP contribution in [0.4, 0.5) is 18.9 Å². The van der Waals surface area contributed by atoms with Gasteiger partial charge in [0.05, 0.1) is 5.56 Å². The molecule has 0 saturated heterocycles. The summed E-state index contributed by atoms with van der Waals surface area (Å²) in [6, 6.07) is 3.48. The van der Waals surface area contributed by atoms with Crippen LogP contribution in [0.5, 0.6) is 0 Å². The smallest absolute Gasteiger partial charge is 0.398 e. The molecule has 1 nitrogen and oxygen atoms in total. The van der Waals surface area contributed by atoms with E-state index in [1.165, 1.54) is 12.1 Å². The van der Waals surface area contributed by atoms with Crippen molar-refractivity contribution in [3.05, 3.63) is 29.3 Å². The molecular weight excluding hydrogens is 203 g/mol. The summed E-state index contributed by atoms with van der Waals surface area (Å²) in [6.45, 7) is 0. The van der Waals surface area contributed by atoms with Gasteiger partial charge in [-0.25, -0.2) is 0 Å². The zero-order valence-electron chi connectivity index (χ0n) is 6.53. The standard InChI is InChI=1S/C8H7ClF3N/c9-4-5-1-2-6(7(13)3-5)8(10,11)12/h1-3H,4,13H2. The van der Waals surface area contributed by atoms with Crippen molar-refractivity contribution >= 4 is 17.3 Å². The van der Waals surface area contributed by atoms with Crippen molar-refractivity contribution in [2.24, 2.45) is 0 Å². The quantitative estimate of drug-likeness (QED) is 0.558. The second kappa shape index (κ2) is 3.46. The average molecular weight is 210 g/mol. The lowest BCUT2D eigenvalue weighted by molar-refractivity contribution is -0.136. The van der Waals surface area contributed by atoms with Gasteiger partial charge < -0.3 is 5.73 Å². The molecule has 1 aromatic rings. The predicted octanol–water partition coefficient (Wildman–Crippen LogP) is 3.03. The lowest BCUT2D eigenvalue weighted by Gasteiger charge is -2.10. The van der Waals surface area contributed by atoms with E-state index in [1.54, 1.807) is 0 Å². The minimum absolute atomic E-state index is 0.155. The molecule has 2 N–H and O–H groups in total. The first-order valence-electron chi connectivity index (χ1n) is 3.46. The van der Waals surface area contributed by atoms with Crippen molar-refractivity contribution in [1.82, 2.24) is 0 Å². The molecule has 1 rings (SSSR count). The van der Waals surface area contributed by atoms with Crippen molar-refractivity contribution in [2.75, 3.05) is 5.73 Å². The van der Waals surface area contributed by atoms with Gasteiger partial charge in [-0.15, -0.1) is 11.6 Å². The highest BCUT2D eigenvalue weighted by atomic mass is 35.5. The van der Waals surface area contributed by atoms with Crippen LogP contribution >= 0.6 is 11.6 Å². The second-order valence-corrected chi connectivity index (χ2v) is 2.82. The molecule has 0 unspecified atom stereocenters. The summed E-state index contributed by atoms with van der Waals surface area (Å²) in [6.07, 6.45) is -4.39. The van der Waals surface area contributed by atoms with Crippen molar-refractivity contribution < 1.29 is 13.2 Å². The Hall–Kier alpha value is -0.900. The van der Waals surface area contributed by atoms with E-state index in [1.807, 2.05) is 0 Å². The van der Waals surface area contributed by atoms with Gasteiger partial charge in [0.25, 0.3) is 0 Å². The molecule has 0 aromatic heterocycles. The minimum Gasteiger partial charge on any atom is -0.398 e. The van der Waals surface area contributed by atoms with Crippen LogP contribution in [0, 0.1) is 0 Å². The van der Waals surface area contributed by atoms with Crippen LogP contribution in [0.3, 0.4) is 0 Å². The van der Waals surface area contributed by atoms with Gasteiger partial charge in [0, 0.05) is 11.6 Å². The first-order valence-corrected chi connectivity index (χ1v) is 4.00. The Morgan fingerprint density at radius 1 is 1.31 bits per heavy atom. The molecule has 13 heavy (non-hydrogen) atoms. The Bertz CT molecular complexity index is 309. The maximum absolute atomic E-state index is 12.2. The van der Waals surface area contributed by atoms with Gasteiger partial charge in [0.2, 0.25) is 0 Å². The molecule has 1 aromatic carbocycles. The normalized spacial score (nSPS) is 11.7. The van der Waals surface area contributed by atoms with Crippen LogP contribution in [0.25, 0.3) is 0 Å². The predicted molar refractivity (Wildman–Crippen MR) is 45.4 cm³/mol. The highest BCUT2D eigenvalue weighted by Crippen LogP contribution is 2.33. The van der Waals surface area contributed by atoms with Crippen molar-refractivity contribution in [2.45, 2.75) is 12.1 Å². The summed E-state index contributed by atoms with van der Waals surface area (Å²) in [5.74, 6) is 0.155. The zero-order valence-corrected chi connectivity index (χ0v) is 7.28. The average Bonchev–Trinajstić information content (AvgIpc) is 2.01. The van der Waals surface area contributed by atoms with E-state index >= 15 is 0 Å². The molecule has 0 aliphatic heterocycles. The summed E-state index contributed by atoms with van der Waals surface area (Å²) in [7, 11) is 0. The van der Waals surface area contributed by atoms with E-state index < -0.39 is 11.7 Å². The topological polar surface area (TPSA) is 26.0 Å². The third kappa shape index (κ3) is 2.28. The number of anilines is 1. The first-order chi connectivity index (χ1) is 5.95. The van der Waals surface area contributed by atoms with Crippen LogP contribution in [0.1, 0.15) is 11.1 Å². The van der Waals surface area contributed by atoms with Crippen LogP contribution in [0.15, 0.2) is 18.2 Å². The van der Waals surface area contributed by atoms with Crippen molar-refractivity contribution in [3.63, 3.8) is 0 Å². The van der Waals surface area contributed by atoms with E-state index in [-0.39, 0.29) is 11.6 Å². The van der Waals surface area contributed by atoms with E-state index in [0.29, 0.717) is 5.56 Å². The molecule has 0 fully saturated rings. The van der Waals surface area contributed by atoms with Gasteiger partial charge in [-0.1, -0.05) is 6.07 Å². The first kappa shape index (κ1) is 10.2.